The zero-order chi connectivity index (χ0) is 14.0. The Balaban J connectivity index is 2.25. The largest absolute Gasteiger partial charge is 0.506 e. The van der Waals surface area contributed by atoms with Gasteiger partial charge < -0.3 is 16.2 Å². The number of amides is 1. The van der Waals surface area contributed by atoms with Crippen LogP contribution in [0.15, 0.2) is 40.9 Å². The SMILES string of the molecule is Nc1ccc(C(=O)Nc2cc(F)ccc2Br)cc1O. The van der Waals surface area contributed by atoms with Crippen molar-refractivity contribution in [2.45, 2.75) is 0 Å². The van der Waals surface area contributed by atoms with Gasteiger partial charge in [0.05, 0.1) is 11.4 Å². The summed E-state index contributed by atoms with van der Waals surface area (Å²) >= 11 is 3.21. The first-order chi connectivity index (χ1) is 8.97. The first-order valence-electron chi connectivity index (χ1n) is 5.32. The van der Waals surface area contributed by atoms with Gasteiger partial charge in [-0.1, -0.05) is 0 Å². The topological polar surface area (TPSA) is 75.4 Å². The lowest BCUT2D eigenvalue weighted by molar-refractivity contribution is 0.102. The van der Waals surface area contributed by atoms with E-state index in [1.807, 2.05) is 0 Å². The number of carbonyl (C=O) groups is 1. The van der Waals surface area contributed by atoms with Crippen LogP contribution in [0.1, 0.15) is 10.4 Å². The molecule has 0 aliphatic rings. The smallest absolute Gasteiger partial charge is 0.255 e. The van der Waals surface area contributed by atoms with Crippen molar-refractivity contribution in [3.63, 3.8) is 0 Å². The fourth-order valence-corrected chi connectivity index (χ4v) is 1.82. The summed E-state index contributed by atoms with van der Waals surface area (Å²) in [5, 5.41) is 12.0. The minimum atomic E-state index is -0.471. The molecule has 0 aromatic heterocycles. The Morgan fingerprint density at radius 3 is 2.68 bits per heavy atom. The van der Waals surface area contributed by atoms with Crippen LogP contribution in [0.3, 0.4) is 0 Å². The average Bonchev–Trinajstić information content (AvgIpc) is 2.37. The number of hydrogen-bond donors (Lipinski definition) is 3. The van der Waals surface area contributed by atoms with Gasteiger partial charge in [0.1, 0.15) is 11.6 Å². The summed E-state index contributed by atoms with van der Waals surface area (Å²) in [6, 6.07) is 8.10. The number of carbonyl (C=O) groups excluding carboxylic acids is 1. The Hall–Kier alpha value is -2.08. The zero-order valence-corrected chi connectivity index (χ0v) is 11.2. The van der Waals surface area contributed by atoms with Crippen molar-refractivity contribution in [2.75, 3.05) is 11.1 Å². The van der Waals surface area contributed by atoms with Crippen molar-refractivity contribution < 1.29 is 14.3 Å². The minimum Gasteiger partial charge on any atom is -0.506 e. The van der Waals surface area contributed by atoms with E-state index in [0.29, 0.717) is 10.2 Å². The van der Waals surface area contributed by atoms with Gasteiger partial charge in [-0.25, -0.2) is 4.39 Å². The number of phenolic OH excluding ortho intramolecular Hbond substituents is 1. The Bertz CT molecular complexity index is 647. The molecule has 4 nitrogen and oxygen atoms in total. The van der Waals surface area contributed by atoms with Gasteiger partial charge >= 0.3 is 0 Å². The maximum atomic E-state index is 13.1. The number of phenols is 1. The molecular weight excluding hydrogens is 315 g/mol. The van der Waals surface area contributed by atoms with E-state index in [1.165, 1.54) is 36.4 Å². The lowest BCUT2D eigenvalue weighted by Crippen LogP contribution is -2.12. The molecule has 0 fully saturated rings. The molecule has 2 rings (SSSR count). The third-order valence-electron chi connectivity index (χ3n) is 2.47. The fraction of sp³-hybridized carbons (Fsp3) is 0. The molecule has 19 heavy (non-hydrogen) atoms. The average molecular weight is 325 g/mol. The van der Waals surface area contributed by atoms with Crippen LogP contribution < -0.4 is 11.1 Å². The quantitative estimate of drug-likeness (QED) is 0.586. The van der Waals surface area contributed by atoms with Gasteiger partial charge in [0, 0.05) is 10.0 Å². The zero-order valence-electron chi connectivity index (χ0n) is 9.65. The summed E-state index contributed by atoms with van der Waals surface area (Å²) in [7, 11) is 0. The third kappa shape index (κ3) is 3.03. The molecule has 0 saturated carbocycles. The van der Waals surface area contributed by atoms with Crippen molar-refractivity contribution in [3.8, 4) is 5.75 Å². The van der Waals surface area contributed by atoms with E-state index in [0.717, 1.165) is 0 Å². The number of hydrogen-bond acceptors (Lipinski definition) is 3. The first kappa shape index (κ1) is 13.4. The molecule has 2 aromatic rings. The molecular formula is C13H10BrFN2O2. The van der Waals surface area contributed by atoms with Crippen molar-refractivity contribution in [3.05, 3.63) is 52.3 Å². The van der Waals surface area contributed by atoms with Crippen molar-refractivity contribution >= 4 is 33.2 Å². The summed E-state index contributed by atoms with van der Waals surface area (Å²) in [4.78, 5) is 11.9. The van der Waals surface area contributed by atoms with Gasteiger partial charge in [-0.2, -0.15) is 0 Å². The lowest BCUT2D eigenvalue weighted by atomic mass is 10.1. The van der Waals surface area contributed by atoms with Gasteiger partial charge in [0.25, 0.3) is 5.91 Å². The molecule has 2 aromatic carbocycles. The number of aromatic hydroxyl groups is 1. The van der Waals surface area contributed by atoms with Gasteiger partial charge in [-0.15, -0.1) is 0 Å². The number of nitrogens with two attached hydrogens (primary N) is 1. The maximum Gasteiger partial charge on any atom is 0.255 e. The van der Waals surface area contributed by atoms with Gasteiger partial charge in [0.2, 0.25) is 0 Å². The molecule has 98 valence electrons. The molecule has 0 spiro atoms. The molecule has 0 atom stereocenters. The minimum absolute atomic E-state index is 0.175. The molecule has 0 heterocycles. The van der Waals surface area contributed by atoms with E-state index in [-0.39, 0.29) is 17.0 Å². The predicted molar refractivity (Wildman–Crippen MR) is 74.6 cm³/mol. The monoisotopic (exact) mass is 324 g/mol. The van der Waals surface area contributed by atoms with Crippen molar-refractivity contribution in [1.82, 2.24) is 0 Å². The molecule has 0 radical (unpaired) electrons. The van der Waals surface area contributed by atoms with Crippen LogP contribution in [0.5, 0.6) is 5.75 Å². The van der Waals surface area contributed by atoms with E-state index >= 15 is 0 Å². The predicted octanol–water partition coefficient (Wildman–Crippen LogP) is 3.13. The van der Waals surface area contributed by atoms with E-state index in [9.17, 15) is 14.3 Å². The highest BCUT2D eigenvalue weighted by molar-refractivity contribution is 9.10. The van der Waals surface area contributed by atoms with Crippen LogP contribution in [-0.2, 0) is 0 Å². The van der Waals surface area contributed by atoms with E-state index in [2.05, 4.69) is 21.2 Å². The fourth-order valence-electron chi connectivity index (χ4n) is 1.47. The summed E-state index contributed by atoms with van der Waals surface area (Å²) in [5.41, 5.74) is 6.16. The molecule has 0 bridgehead atoms. The Labute approximate surface area is 117 Å². The number of nitrogen functional groups attached to an aromatic ring is 1. The van der Waals surface area contributed by atoms with Crippen LogP contribution in [0.25, 0.3) is 0 Å². The molecule has 0 saturated heterocycles. The van der Waals surface area contributed by atoms with Gasteiger partial charge in [-0.05, 0) is 52.3 Å². The lowest BCUT2D eigenvalue weighted by Gasteiger charge is -2.08. The van der Waals surface area contributed by atoms with Gasteiger partial charge in [0.15, 0.2) is 0 Å². The standard InChI is InChI=1S/C13H10BrFN2O2/c14-9-3-2-8(15)6-11(9)17-13(19)7-1-4-10(16)12(18)5-7/h1-6,18H,16H2,(H,17,19). The van der Waals surface area contributed by atoms with Gasteiger partial charge in [-0.3, -0.25) is 4.79 Å². The maximum absolute atomic E-state index is 13.1. The number of benzene rings is 2. The number of halogens is 2. The van der Waals surface area contributed by atoms with E-state index in [1.54, 1.807) is 0 Å². The highest BCUT2D eigenvalue weighted by Gasteiger charge is 2.10. The van der Waals surface area contributed by atoms with Crippen LogP contribution >= 0.6 is 15.9 Å². The van der Waals surface area contributed by atoms with Crippen LogP contribution in [0.4, 0.5) is 15.8 Å². The van der Waals surface area contributed by atoms with E-state index in [4.69, 9.17) is 5.73 Å². The van der Waals surface area contributed by atoms with Crippen LogP contribution in [0.2, 0.25) is 0 Å². The van der Waals surface area contributed by atoms with Crippen molar-refractivity contribution in [2.24, 2.45) is 0 Å². The van der Waals surface area contributed by atoms with Crippen molar-refractivity contribution in [1.29, 1.82) is 0 Å². The van der Waals surface area contributed by atoms with Crippen LogP contribution in [-0.4, -0.2) is 11.0 Å². The van der Waals surface area contributed by atoms with E-state index < -0.39 is 11.7 Å². The Morgan fingerprint density at radius 1 is 1.26 bits per heavy atom. The molecule has 4 N–H and O–H groups in total. The summed E-state index contributed by atoms with van der Waals surface area (Å²) < 4.78 is 13.6. The highest BCUT2D eigenvalue weighted by atomic mass is 79.9. The number of anilines is 2. The summed E-state index contributed by atoms with van der Waals surface area (Å²) in [5.74, 6) is -1.11. The number of nitrogens with one attached hydrogen (secondary N) is 1. The normalized spacial score (nSPS) is 10.2. The molecule has 0 unspecified atom stereocenters. The second kappa shape index (κ2) is 5.27. The second-order valence-electron chi connectivity index (χ2n) is 3.85. The first-order valence-corrected chi connectivity index (χ1v) is 6.11. The van der Waals surface area contributed by atoms with Crippen LogP contribution in [0, 0.1) is 5.82 Å². The second-order valence-corrected chi connectivity index (χ2v) is 4.71. The highest BCUT2D eigenvalue weighted by Crippen LogP contribution is 2.25. The summed E-state index contributed by atoms with van der Waals surface area (Å²) in [6.45, 7) is 0. The Morgan fingerprint density at radius 2 is 2.00 bits per heavy atom. The molecule has 1 amide bonds. The third-order valence-corrected chi connectivity index (χ3v) is 3.16. The number of rotatable bonds is 2. The molecule has 6 heteroatoms. The summed E-state index contributed by atoms with van der Waals surface area (Å²) in [6.07, 6.45) is 0. The Kier molecular flexibility index (Phi) is 3.71. The molecule has 0 aliphatic heterocycles. The molecule has 0 aliphatic carbocycles.